The van der Waals surface area contributed by atoms with Crippen LogP contribution in [0.5, 0.6) is 5.75 Å². The van der Waals surface area contributed by atoms with Crippen molar-refractivity contribution in [2.45, 2.75) is 25.0 Å². The van der Waals surface area contributed by atoms with Crippen molar-refractivity contribution < 1.29 is 23.4 Å². The van der Waals surface area contributed by atoms with Crippen LogP contribution in [0.3, 0.4) is 0 Å². The number of likely N-dealkylation sites (tertiary alicyclic amines) is 1. The number of hydrogen-bond acceptors (Lipinski definition) is 5. The first-order valence-corrected chi connectivity index (χ1v) is 13.6. The molecule has 0 aliphatic carbocycles. The lowest BCUT2D eigenvalue weighted by Crippen LogP contribution is -2.54. The summed E-state index contributed by atoms with van der Waals surface area (Å²) in [5.74, 6) is -0.289. The van der Waals surface area contributed by atoms with Crippen LogP contribution in [0.1, 0.15) is 34.3 Å². The van der Waals surface area contributed by atoms with E-state index in [0.717, 1.165) is 50.0 Å². The summed E-state index contributed by atoms with van der Waals surface area (Å²) in [4.78, 5) is 17.8. The van der Waals surface area contributed by atoms with Crippen LogP contribution in [0.4, 0.5) is 4.39 Å². The lowest BCUT2D eigenvalue weighted by Gasteiger charge is -2.46. The fourth-order valence-electron chi connectivity index (χ4n) is 6.27. The molecule has 2 aliphatic rings. The Hall–Kier alpha value is -3.26. The zero-order valence-electron chi connectivity index (χ0n) is 23.0. The van der Waals surface area contributed by atoms with Gasteiger partial charge in [-0.25, -0.2) is 4.39 Å². The SMILES string of the molecule is COCCOc1ccc(-c2cccc3c2C(OC)(C2CCCN(CCc4ccccc4)C2)N(C)C3=O)cc1F. The maximum absolute atomic E-state index is 15.1. The Morgan fingerprint density at radius 2 is 1.79 bits per heavy atom. The van der Waals surface area contributed by atoms with Crippen LogP contribution in [-0.4, -0.2) is 69.8 Å². The highest BCUT2D eigenvalue weighted by molar-refractivity contribution is 6.02. The molecule has 0 N–H and O–H groups in total. The molecule has 2 unspecified atom stereocenters. The lowest BCUT2D eigenvalue weighted by molar-refractivity contribution is -0.159. The van der Waals surface area contributed by atoms with E-state index in [1.807, 2.05) is 37.4 Å². The molecule has 0 spiro atoms. The van der Waals surface area contributed by atoms with E-state index in [1.54, 1.807) is 25.2 Å². The topological polar surface area (TPSA) is 51.2 Å². The van der Waals surface area contributed by atoms with Crippen molar-refractivity contribution in [3.63, 3.8) is 0 Å². The first-order chi connectivity index (χ1) is 19.0. The van der Waals surface area contributed by atoms with Crippen molar-refractivity contribution >= 4 is 5.91 Å². The number of rotatable bonds is 10. The van der Waals surface area contributed by atoms with E-state index in [0.29, 0.717) is 17.7 Å². The maximum Gasteiger partial charge on any atom is 0.256 e. The highest BCUT2D eigenvalue weighted by Crippen LogP contribution is 2.50. The summed E-state index contributed by atoms with van der Waals surface area (Å²) in [5, 5.41) is 0. The molecule has 2 atom stereocenters. The summed E-state index contributed by atoms with van der Waals surface area (Å²) in [6.45, 7) is 3.42. The molecule has 1 amide bonds. The first-order valence-electron chi connectivity index (χ1n) is 13.6. The normalized spacial score (nSPS) is 21.3. The van der Waals surface area contributed by atoms with Gasteiger partial charge in [0.05, 0.1) is 6.61 Å². The summed E-state index contributed by atoms with van der Waals surface area (Å²) in [6, 6.07) is 21.2. The Bertz CT molecular complexity index is 1300. The van der Waals surface area contributed by atoms with Crippen LogP contribution in [0.2, 0.25) is 0 Å². The highest BCUT2D eigenvalue weighted by Gasteiger charge is 2.55. The third kappa shape index (κ3) is 5.19. The van der Waals surface area contributed by atoms with Gasteiger partial charge in [-0.1, -0.05) is 48.5 Å². The van der Waals surface area contributed by atoms with Crippen LogP contribution in [-0.2, 0) is 21.6 Å². The molecule has 3 aromatic carbocycles. The molecule has 7 heteroatoms. The minimum Gasteiger partial charge on any atom is -0.488 e. The summed E-state index contributed by atoms with van der Waals surface area (Å²) < 4.78 is 32.0. The van der Waals surface area contributed by atoms with Crippen LogP contribution in [0, 0.1) is 11.7 Å². The van der Waals surface area contributed by atoms with Gasteiger partial charge in [0, 0.05) is 51.4 Å². The number of carbonyl (C=O) groups excluding carboxylic acids is 1. The molecule has 6 nitrogen and oxygen atoms in total. The Kier molecular flexibility index (Phi) is 8.31. The first kappa shape index (κ1) is 27.3. The Morgan fingerprint density at radius 3 is 2.54 bits per heavy atom. The quantitative estimate of drug-likeness (QED) is 0.329. The number of ether oxygens (including phenoxy) is 3. The Labute approximate surface area is 230 Å². The van der Waals surface area contributed by atoms with Crippen molar-refractivity contribution in [2.24, 2.45) is 5.92 Å². The summed E-state index contributed by atoms with van der Waals surface area (Å²) in [5.41, 5.74) is 3.29. The average molecular weight is 533 g/mol. The number of fused-ring (bicyclic) bond motifs is 1. The molecule has 206 valence electrons. The monoisotopic (exact) mass is 532 g/mol. The molecule has 39 heavy (non-hydrogen) atoms. The number of hydrogen-bond donors (Lipinski definition) is 0. The molecule has 0 bridgehead atoms. The van der Waals surface area contributed by atoms with Gasteiger partial charge in [-0.15, -0.1) is 0 Å². The van der Waals surface area contributed by atoms with Crippen molar-refractivity contribution in [3.05, 3.63) is 89.2 Å². The van der Waals surface area contributed by atoms with Crippen molar-refractivity contribution in [3.8, 4) is 16.9 Å². The molecule has 0 radical (unpaired) electrons. The summed E-state index contributed by atoms with van der Waals surface area (Å²) in [6.07, 6.45) is 2.93. The molecule has 0 aromatic heterocycles. The van der Waals surface area contributed by atoms with Crippen LogP contribution in [0.15, 0.2) is 66.7 Å². The Morgan fingerprint density at radius 1 is 1.00 bits per heavy atom. The number of methoxy groups -OCH3 is 2. The van der Waals surface area contributed by atoms with Gasteiger partial charge in [-0.3, -0.25) is 4.79 Å². The van der Waals surface area contributed by atoms with Gasteiger partial charge in [0.1, 0.15) is 6.61 Å². The van der Waals surface area contributed by atoms with E-state index in [9.17, 15) is 4.79 Å². The third-order valence-electron chi connectivity index (χ3n) is 8.17. The smallest absolute Gasteiger partial charge is 0.256 e. The van der Waals surface area contributed by atoms with Gasteiger partial charge >= 0.3 is 0 Å². The molecule has 3 aromatic rings. The molecule has 2 heterocycles. The van der Waals surface area contributed by atoms with Gasteiger partial charge in [0.2, 0.25) is 0 Å². The molecule has 2 aliphatic heterocycles. The molecule has 1 saturated heterocycles. The van der Waals surface area contributed by atoms with Crippen molar-refractivity contribution in [1.29, 1.82) is 0 Å². The van der Waals surface area contributed by atoms with E-state index < -0.39 is 11.5 Å². The van der Waals surface area contributed by atoms with Gasteiger partial charge in [0.15, 0.2) is 17.3 Å². The zero-order valence-corrected chi connectivity index (χ0v) is 23.0. The minimum absolute atomic E-state index is 0.0601. The van der Waals surface area contributed by atoms with Crippen molar-refractivity contribution in [1.82, 2.24) is 9.80 Å². The van der Waals surface area contributed by atoms with Crippen molar-refractivity contribution in [2.75, 3.05) is 54.1 Å². The van der Waals surface area contributed by atoms with E-state index in [-0.39, 0.29) is 24.2 Å². The van der Waals surface area contributed by atoms with Gasteiger partial charge < -0.3 is 24.0 Å². The fraction of sp³-hybridized carbons (Fsp3) is 0.406. The predicted molar refractivity (Wildman–Crippen MR) is 149 cm³/mol. The number of halogens is 1. The van der Waals surface area contributed by atoms with E-state index in [4.69, 9.17) is 14.2 Å². The second kappa shape index (κ2) is 11.9. The standard InChI is InChI=1S/C32H37FN2O4/c1-34-31(36)27-13-7-12-26(24-14-15-29(28(33)21-24)39-20-19-37-2)30(27)32(34,38-3)25-11-8-17-35(22-25)18-16-23-9-5-4-6-10-23/h4-7,9-10,12-15,21,25H,8,11,16-20,22H2,1-3H3. The fourth-order valence-corrected chi connectivity index (χ4v) is 6.27. The minimum atomic E-state index is -0.946. The van der Waals surface area contributed by atoms with Crippen LogP contribution in [0.25, 0.3) is 11.1 Å². The van der Waals surface area contributed by atoms with E-state index in [2.05, 4.69) is 29.2 Å². The molecular weight excluding hydrogens is 495 g/mol. The largest absolute Gasteiger partial charge is 0.488 e. The van der Waals surface area contributed by atoms with Gasteiger partial charge in [-0.05, 0) is 60.7 Å². The maximum atomic E-state index is 15.1. The predicted octanol–water partition coefficient (Wildman–Crippen LogP) is 5.36. The van der Waals surface area contributed by atoms with Crippen LogP contribution < -0.4 is 4.74 Å². The second-order valence-electron chi connectivity index (χ2n) is 10.4. The van der Waals surface area contributed by atoms with E-state index in [1.165, 1.54) is 11.6 Å². The number of benzene rings is 3. The molecule has 0 saturated carbocycles. The third-order valence-corrected chi connectivity index (χ3v) is 8.17. The summed E-state index contributed by atoms with van der Waals surface area (Å²) >= 11 is 0. The number of amides is 1. The highest BCUT2D eigenvalue weighted by atomic mass is 19.1. The molecule has 1 fully saturated rings. The average Bonchev–Trinajstić information content (AvgIpc) is 3.20. The number of carbonyl (C=O) groups is 1. The second-order valence-corrected chi connectivity index (χ2v) is 10.4. The summed E-state index contributed by atoms with van der Waals surface area (Å²) in [7, 11) is 5.09. The Balaban J connectivity index is 1.48. The zero-order chi connectivity index (χ0) is 27.4. The van der Waals surface area contributed by atoms with Crippen LogP contribution >= 0.6 is 0 Å². The molecular formula is C32H37FN2O4. The van der Waals surface area contributed by atoms with Gasteiger partial charge in [-0.2, -0.15) is 0 Å². The lowest BCUT2D eigenvalue weighted by atomic mass is 9.79. The molecule has 5 rings (SSSR count). The number of nitrogens with zero attached hydrogens (tertiary/aromatic N) is 2. The van der Waals surface area contributed by atoms with Gasteiger partial charge in [0.25, 0.3) is 5.91 Å². The van der Waals surface area contributed by atoms with E-state index >= 15 is 4.39 Å². The number of piperidine rings is 1.